The van der Waals surface area contributed by atoms with E-state index in [1.54, 1.807) is 0 Å². The van der Waals surface area contributed by atoms with Gasteiger partial charge in [-0.25, -0.2) is 0 Å². The molecule has 0 unspecified atom stereocenters. The van der Waals surface area contributed by atoms with Crippen LogP contribution in [0.4, 0.5) is 0 Å². The Hall–Kier alpha value is -1.73. The molecule has 2 saturated carbocycles. The van der Waals surface area contributed by atoms with Crippen molar-refractivity contribution in [1.82, 2.24) is 0 Å². The normalized spacial score (nSPS) is 43.6. The van der Waals surface area contributed by atoms with Gasteiger partial charge in [-0.15, -0.1) is 0 Å². The van der Waals surface area contributed by atoms with Crippen LogP contribution in [0, 0.1) is 22.7 Å². The molecule has 7 atom stereocenters. The number of rotatable bonds is 2. The zero-order chi connectivity index (χ0) is 22.9. The van der Waals surface area contributed by atoms with Crippen molar-refractivity contribution in [2.24, 2.45) is 22.7 Å². The third kappa shape index (κ3) is 3.35. The largest absolute Gasteiger partial charge is 0.461 e. The number of ketones is 1. The molecular weight excluding hydrogens is 400 g/mol. The Balaban J connectivity index is 1.91. The van der Waals surface area contributed by atoms with Gasteiger partial charge in [0.2, 0.25) is 0 Å². The van der Waals surface area contributed by atoms with Crippen LogP contribution in [0.3, 0.4) is 0 Å². The minimum absolute atomic E-state index is 0.0133. The summed E-state index contributed by atoms with van der Waals surface area (Å²) in [5, 5.41) is 11.4. The third-order valence-electron chi connectivity index (χ3n) is 8.26. The predicted octanol–water partition coefficient (Wildman–Crippen LogP) is 2.73. The molecule has 3 fully saturated rings. The molecule has 1 saturated heterocycles. The lowest BCUT2D eigenvalue weighted by molar-refractivity contribution is -0.194. The van der Waals surface area contributed by atoms with Crippen LogP contribution in [0.2, 0.25) is 0 Å². The molecular formula is C24H34O7. The molecule has 7 nitrogen and oxygen atoms in total. The highest BCUT2D eigenvalue weighted by Gasteiger charge is 2.72. The Bertz CT molecular complexity index is 852. The average molecular weight is 435 g/mol. The van der Waals surface area contributed by atoms with E-state index in [1.807, 2.05) is 20.8 Å². The van der Waals surface area contributed by atoms with Crippen LogP contribution in [0.1, 0.15) is 67.2 Å². The molecule has 0 aromatic carbocycles. The average Bonchev–Trinajstić information content (AvgIpc) is 3.35. The molecule has 2 bridgehead atoms. The Morgan fingerprint density at radius 3 is 2.29 bits per heavy atom. The SMILES string of the molecule is CC(=O)O[C@@H]1[C@@H]2C(=O)CC(C)=C([C@@H](O)C[C@]3(C)CC[C@H](OC(C)=O)[C@@]4(CO4)[C@@H]13)C2(C)C. The number of hydrogen-bond donors (Lipinski definition) is 1. The summed E-state index contributed by atoms with van der Waals surface area (Å²) >= 11 is 0. The van der Waals surface area contributed by atoms with E-state index in [1.165, 1.54) is 13.8 Å². The van der Waals surface area contributed by atoms with E-state index >= 15 is 0 Å². The summed E-state index contributed by atoms with van der Waals surface area (Å²) in [6.07, 6.45) is 0.109. The lowest BCUT2D eigenvalue weighted by Crippen LogP contribution is -2.64. The number of hydrogen-bond acceptors (Lipinski definition) is 7. The molecule has 31 heavy (non-hydrogen) atoms. The highest BCUT2D eigenvalue weighted by atomic mass is 16.6. The summed E-state index contributed by atoms with van der Waals surface area (Å²) < 4.78 is 17.6. The van der Waals surface area contributed by atoms with Gasteiger partial charge >= 0.3 is 11.9 Å². The highest BCUT2D eigenvalue weighted by Crippen LogP contribution is 2.64. The van der Waals surface area contributed by atoms with Gasteiger partial charge in [-0.3, -0.25) is 14.4 Å². The first kappa shape index (κ1) is 22.5. The molecule has 0 aromatic heterocycles. The van der Waals surface area contributed by atoms with E-state index in [0.29, 0.717) is 25.9 Å². The van der Waals surface area contributed by atoms with Crippen molar-refractivity contribution in [3.05, 3.63) is 11.1 Å². The maximum absolute atomic E-state index is 13.4. The number of carbonyl (C=O) groups excluding carboxylic acids is 3. The van der Waals surface area contributed by atoms with Crippen LogP contribution in [0.15, 0.2) is 11.1 Å². The summed E-state index contributed by atoms with van der Waals surface area (Å²) in [4.78, 5) is 37.5. The van der Waals surface area contributed by atoms with E-state index in [-0.39, 0.29) is 24.1 Å². The van der Waals surface area contributed by atoms with Crippen LogP contribution in [0.25, 0.3) is 0 Å². The molecule has 1 spiro atoms. The van der Waals surface area contributed by atoms with Gasteiger partial charge in [0.25, 0.3) is 0 Å². The number of esters is 2. The first-order valence-corrected chi connectivity index (χ1v) is 11.2. The summed E-state index contributed by atoms with van der Waals surface area (Å²) in [6.45, 7) is 11.0. The summed E-state index contributed by atoms with van der Waals surface area (Å²) in [6, 6.07) is 0. The number of aliphatic hydroxyl groups excluding tert-OH is 1. The second kappa shape index (κ2) is 7.14. The third-order valence-corrected chi connectivity index (χ3v) is 8.26. The number of Topliss-reactive ketones (excluding diaryl/α,β-unsaturated/α-hetero) is 1. The van der Waals surface area contributed by atoms with Gasteiger partial charge in [-0.1, -0.05) is 26.3 Å². The molecule has 172 valence electrons. The topological polar surface area (TPSA) is 102 Å². The first-order chi connectivity index (χ1) is 14.3. The van der Waals surface area contributed by atoms with E-state index in [2.05, 4.69) is 6.92 Å². The number of fused-ring (bicyclic) bond motifs is 4. The first-order valence-electron chi connectivity index (χ1n) is 11.2. The lowest BCUT2D eigenvalue weighted by atomic mass is 9.49. The molecule has 0 radical (unpaired) electrons. The van der Waals surface area contributed by atoms with Crippen molar-refractivity contribution in [3.63, 3.8) is 0 Å². The predicted molar refractivity (Wildman–Crippen MR) is 111 cm³/mol. The van der Waals surface area contributed by atoms with Gasteiger partial charge in [-0.2, -0.15) is 0 Å². The fraction of sp³-hybridized carbons (Fsp3) is 0.792. The van der Waals surface area contributed by atoms with Gasteiger partial charge < -0.3 is 19.3 Å². The number of epoxide rings is 1. The Morgan fingerprint density at radius 1 is 1.13 bits per heavy atom. The van der Waals surface area contributed by atoms with Gasteiger partial charge in [-0.05, 0) is 37.2 Å². The highest BCUT2D eigenvalue weighted by molar-refractivity contribution is 5.87. The molecule has 0 amide bonds. The van der Waals surface area contributed by atoms with Crippen molar-refractivity contribution in [2.75, 3.05) is 6.61 Å². The van der Waals surface area contributed by atoms with Crippen LogP contribution >= 0.6 is 0 Å². The smallest absolute Gasteiger partial charge is 0.303 e. The van der Waals surface area contributed by atoms with Crippen molar-refractivity contribution in [1.29, 1.82) is 0 Å². The molecule has 0 aromatic rings. The van der Waals surface area contributed by atoms with E-state index in [4.69, 9.17) is 14.2 Å². The number of allylic oxidation sites excluding steroid dienone is 1. The number of aliphatic hydroxyl groups is 1. The standard InChI is InChI=1S/C24H34O7/c1-12-9-15(27)19-20(31-14(3)26)21-23(6,10-16(28)18(12)22(19,4)5)8-7-17(30-13(2)25)24(21)11-29-24/h16-17,19-21,28H,7-11H2,1-6H3/t16-,17-,19-,20+,21-,23-,24-/m0/s1. The quantitative estimate of drug-likeness (QED) is 0.405. The van der Waals surface area contributed by atoms with Crippen LogP contribution in [0.5, 0.6) is 0 Å². The summed E-state index contributed by atoms with van der Waals surface area (Å²) in [7, 11) is 0. The second-order valence-electron chi connectivity index (χ2n) is 10.8. The summed E-state index contributed by atoms with van der Waals surface area (Å²) in [5.41, 5.74) is -0.132. The zero-order valence-corrected chi connectivity index (χ0v) is 19.3. The Labute approximate surface area is 183 Å². The van der Waals surface area contributed by atoms with E-state index < -0.39 is 46.6 Å². The van der Waals surface area contributed by atoms with E-state index in [0.717, 1.165) is 11.1 Å². The van der Waals surface area contributed by atoms with Crippen LogP contribution < -0.4 is 0 Å². The molecule has 1 heterocycles. The van der Waals surface area contributed by atoms with Crippen LogP contribution in [-0.4, -0.2) is 53.3 Å². The minimum atomic E-state index is -0.803. The van der Waals surface area contributed by atoms with Crippen LogP contribution in [-0.2, 0) is 28.6 Å². The van der Waals surface area contributed by atoms with Gasteiger partial charge in [0.15, 0.2) is 0 Å². The fourth-order valence-electron chi connectivity index (χ4n) is 7.32. The number of ether oxygens (including phenoxy) is 3. The maximum atomic E-state index is 13.4. The van der Waals surface area contributed by atoms with E-state index in [9.17, 15) is 19.5 Å². The second-order valence-corrected chi connectivity index (χ2v) is 10.8. The van der Waals surface area contributed by atoms with Crippen molar-refractivity contribution >= 4 is 17.7 Å². The van der Waals surface area contributed by atoms with Gasteiger partial charge in [0.05, 0.1) is 18.6 Å². The number of carbonyl (C=O) groups is 3. The van der Waals surface area contributed by atoms with Crippen molar-refractivity contribution in [3.8, 4) is 0 Å². The van der Waals surface area contributed by atoms with Crippen molar-refractivity contribution < 1.29 is 33.7 Å². The molecule has 7 heteroatoms. The molecule has 4 rings (SSSR count). The minimum Gasteiger partial charge on any atom is -0.461 e. The Kier molecular flexibility index (Phi) is 5.17. The fourth-order valence-corrected chi connectivity index (χ4v) is 7.32. The van der Waals surface area contributed by atoms with Crippen molar-refractivity contribution in [2.45, 2.75) is 91.1 Å². The van der Waals surface area contributed by atoms with Gasteiger partial charge in [0, 0.05) is 31.6 Å². The summed E-state index contributed by atoms with van der Waals surface area (Å²) in [5.74, 6) is -1.79. The monoisotopic (exact) mass is 434 g/mol. The molecule has 1 N–H and O–H groups in total. The lowest BCUT2D eigenvalue weighted by Gasteiger charge is -2.57. The molecule has 4 aliphatic rings. The maximum Gasteiger partial charge on any atom is 0.303 e. The zero-order valence-electron chi connectivity index (χ0n) is 19.3. The van der Waals surface area contributed by atoms with Gasteiger partial charge in [0.1, 0.15) is 23.6 Å². The molecule has 3 aliphatic carbocycles. The Morgan fingerprint density at radius 2 is 1.74 bits per heavy atom. The molecule has 1 aliphatic heterocycles.